The summed E-state index contributed by atoms with van der Waals surface area (Å²) in [6.45, 7) is 3.71. The minimum absolute atomic E-state index is 0.0906. The molecule has 3 aromatic rings. The van der Waals surface area contributed by atoms with Gasteiger partial charge in [0.1, 0.15) is 6.04 Å². The van der Waals surface area contributed by atoms with Gasteiger partial charge in [-0.2, -0.15) is 0 Å². The first kappa shape index (κ1) is 23.3. The van der Waals surface area contributed by atoms with Crippen LogP contribution in [0.25, 0.3) is 0 Å². The second-order valence-electron chi connectivity index (χ2n) is 8.64. The van der Waals surface area contributed by atoms with E-state index in [0.717, 1.165) is 25.0 Å². The maximum atomic E-state index is 12.8. The van der Waals surface area contributed by atoms with E-state index in [4.69, 9.17) is 18.6 Å². The molecule has 0 unspecified atom stereocenters. The van der Waals surface area contributed by atoms with E-state index in [2.05, 4.69) is 20.4 Å². The second kappa shape index (κ2) is 10.4. The highest BCUT2D eigenvalue weighted by Gasteiger charge is 2.35. The van der Waals surface area contributed by atoms with Gasteiger partial charge in [-0.3, -0.25) is 9.69 Å². The Morgan fingerprint density at radius 1 is 1.14 bits per heavy atom. The smallest absolute Gasteiger partial charge is 0.289 e. The van der Waals surface area contributed by atoms with Gasteiger partial charge in [-0.05, 0) is 41.5 Å². The van der Waals surface area contributed by atoms with E-state index in [-0.39, 0.29) is 18.1 Å². The quantitative estimate of drug-likeness (QED) is 0.476. The van der Waals surface area contributed by atoms with Crippen LogP contribution in [0.5, 0.6) is 11.5 Å². The average molecular weight is 483 g/mol. The normalized spacial score (nSPS) is 19.6. The summed E-state index contributed by atoms with van der Waals surface area (Å²) in [4.78, 5) is 16.9. The lowest BCUT2D eigenvalue weighted by atomic mass is 10.0. The highest BCUT2D eigenvalue weighted by Crippen LogP contribution is 2.40. The fraction of sp³-hybridized carbons (Fsp3) is 0.500. The van der Waals surface area contributed by atoms with Gasteiger partial charge in [-0.1, -0.05) is 12.1 Å². The van der Waals surface area contributed by atoms with Gasteiger partial charge in [0.2, 0.25) is 0 Å². The molecule has 5 rings (SSSR count). The van der Waals surface area contributed by atoms with Gasteiger partial charge in [-0.15, -0.1) is 5.10 Å². The molecule has 11 nitrogen and oxygen atoms in total. The number of hydrogen-bond acceptors (Lipinski definition) is 9. The second-order valence-corrected chi connectivity index (χ2v) is 8.64. The van der Waals surface area contributed by atoms with E-state index in [0.29, 0.717) is 55.8 Å². The van der Waals surface area contributed by atoms with Crippen LogP contribution in [0.3, 0.4) is 0 Å². The third kappa shape index (κ3) is 4.73. The van der Waals surface area contributed by atoms with Crippen molar-refractivity contribution in [3.8, 4) is 11.5 Å². The van der Waals surface area contributed by atoms with Gasteiger partial charge in [0, 0.05) is 38.3 Å². The zero-order chi connectivity index (χ0) is 24.2. The maximum absolute atomic E-state index is 12.8. The number of aromatic nitrogens is 4. The summed E-state index contributed by atoms with van der Waals surface area (Å²) in [5.74, 6) is 2.23. The van der Waals surface area contributed by atoms with Crippen molar-refractivity contribution in [2.45, 2.75) is 31.5 Å². The molecule has 1 amide bonds. The molecule has 2 fully saturated rings. The molecule has 4 heterocycles. The van der Waals surface area contributed by atoms with Crippen molar-refractivity contribution in [3.05, 3.63) is 53.7 Å². The summed E-state index contributed by atoms with van der Waals surface area (Å²) in [5.41, 5.74) is 0.904. The Bertz CT molecular complexity index is 1120. The Balaban J connectivity index is 1.45. The van der Waals surface area contributed by atoms with Crippen LogP contribution < -0.4 is 9.47 Å². The molecular formula is C24H30N6O5. The number of hydrogen-bond donors (Lipinski definition) is 0. The molecule has 0 radical (unpaired) electrons. The Morgan fingerprint density at radius 2 is 2.00 bits per heavy atom. The summed E-state index contributed by atoms with van der Waals surface area (Å²) in [7, 11) is 3.25. The highest BCUT2D eigenvalue weighted by molar-refractivity contribution is 5.91. The third-order valence-corrected chi connectivity index (χ3v) is 6.63. The molecule has 0 N–H and O–H groups in total. The zero-order valence-electron chi connectivity index (χ0n) is 20.0. The van der Waals surface area contributed by atoms with Crippen molar-refractivity contribution >= 4 is 5.91 Å². The molecule has 0 aliphatic carbocycles. The summed E-state index contributed by atoms with van der Waals surface area (Å²) in [6.07, 6.45) is 3.64. The summed E-state index contributed by atoms with van der Waals surface area (Å²) in [5, 5.41) is 12.8. The van der Waals surface area contributed by atoms with Crippen molar-refractivity contribution in [2.24, 2.45) is 0 Å². The van der Waals surface area contributed by atoms with Crippen LogP contribution in [0.15, 0.2) is 41.0 Å². The molecule has 2 aliphatic heterocycles. The van der Waals surface area contributed by atoms with Crippen LogP contribution in [-0.4, -0.2) is 89.0 Å². The molecule has 0 spiro atoms. The summed E-state index contributed by atoms with van der Waals surface area (Å²) < 4.78 is 24.3. The predicted molar refractivity (Wildman–Crippen MR) is 124 cm³/mol. The first-order valence-corrected chi connectivity index (χ1v) is 11.8. The molecule has 2 atom stereocenters. The van der Waals surface area contributed by atoms with E-state index in [1.54, 1.807) is 26.4 Å². The minimum atomic E-state index is -0.294. The summed E-state index contributed by atoms with van der Waals surface area (Å²) >= 11 is 0. The Labute approximate surface area is 203 Å². The average Bonchev–Trinajstić information content (AvgIpc) is 3.68. The lowest BCUT2D eigenvalue weighted by Gasteiger charge is -2.39. The molecule has 2 aliphatic rings. The van der Waals surface area contributed by atoms with E-state index in [1.807, 2.05) is 27.8 Å². The van der Waals surface area contributed by atoms with E-state index in [1.165, 1.54) is 6.26 Å². The molecule has 11 heteroatoms. The van der Waals surface area contributed by atoms with Crippen molar-refractivity contribution in [1.29, 1.82) is 0 Å². The molecule has 1 aromatic carbocycles. The number of para-hydroxylation sites is 1. The number of amides is 1. The third-order valence-electron chi connectivity index (χ3n) is 6.63. The molecule has 2 aromatic heterocycles. The summed E-state index contributed by atoms with van der Waals surface area (Å²) in [6, 6.07) is 8.94. The number of carbonyl (C=O) groups is 1. The number of piperazine rings is 1. The largest absolute Gasteiger partial charge is 0.493 e. The first-order chi connectivity index (χ1) is 17.2. The first-order valence-electron chi connectivity index (χ1n) is 11.8. The number of benzene rings is 1. The van der Waals surface area contributed by atoms with Gasteiger partial charge < -0.3 is 23.5 Å². The highest BCUT2D eigenvalue weighted by atomic mass is 16.5. The monoisotopic (exact) mass is 482 g/mol. The molecule has 186 valence electrons. The Kier molecular flexibility index (Phi) is 6.96. The molecule has 35 heavy (non-hydrogen) atoms. The van der Waals surface area contributed by atoms with Crippen LogP contribution in [0.2, 0.25) is 0 Å². The standard InChI is InChI=1S/C24H30N6O5/c1-32-19-8-3-7-18(22(19)33-2)21(23-25-26-27-30(23)16-17-6-4-14-34-17)28-10-12-29(13-11-28)24(31)20-9-5-15-35-20/h3,5,7-9,15,17,21H,4,6,10-14,16H2,1-2H3/t17-,21-/m1/s1. The number of nitrogens with zero attached hydrogens (tertiary/aromatic N) is 6. The van der Waals surface area contributed by atoms with Crippen molar-refractivity contribution in [3.63, 3.8) is 0 Å². The van der Waals surface area contributed by atoms with Gasteiger partial charge in [-0.25, -0.2) is 4.68 Å². The predicted octanol–water partition coefficient (Wildman–Crippen LogP) is 2.01. The van der Waals surface area contributed by atoms with E-state index in [9.17, 15) is 4.79 Å². The van der Waals surface area contributed by atoms with Crippen LogP contribution in [0, 0.1) is 0 Å². The fourth-order valence-corrected chi connectivity index (χ4v) is 4.88. The topological polar surface area (TPSA) is 108 Å². The van der Waals surface area contributed by atoms with E-state index >= 15 is 0 Å². The van der Waals surface area contributed by atoms with Crippen molar-refractivity contribution in [2.75, 3.05) is 47.0 Å². The Hall–Kier alpha value is -3.44. The molecule has 2 saturated heterocycles. The van der Waals surface area contributed by atoms with Crippen LogP contribution in [0.4, 0.5) is 0 Å². The SMILES string of the molecule is COc1cccc([C@H](c2nnnn2C[C@H]2CCCO2)N2CCN(C(=O)c3ccco3)CC2)c1OC. The van der Waals surface area contributed by atoms with Gasteiger partial charge in [0.25, 0.3) is 5.91 Å². The number of furan rings is 1. The Morgan fingerprint density at radius 3 is 2.69 bits per heavy atom. The van der Waals surface area contributed by atoms with Gasteiger partial charge in [0.15, 0.2) is 23.1 Å². The number of methoxy groups -OCH3 is 2. The van der Waals surface area contributed by atoms with Gasteiger partial charge >= 0.3 is 0 Å². The number of rotatable bonds is 8. The number of ether oxygens (including phenoxy) is 3. The lowest BCUT2D eigenvalue weighted by Crippen LogP contribution is -2.50. The van der Waals surface area contributed by atoms with E-state index < -0.39 is 0 Å². The van der Waals surface area contributed by atoms with Crippen molar-refractivity contribution < 1.29 is 23.4 Å². The molecular weight excluding hydrogens is 452 g/mol. The fourth-order valence-electron chi connectivity index (χ4n) is 4.88. The number of tetrazole rings is 1. The zero-order valence-corrected chi connectivity index (χ0v) is 20.0. The molecule has 0 bridgehead atoms. The van der Waals surface area contributed by atoms with Crippen LogP contribution in [-0.2, 0) is 11.3 Å². The van der Waals surface area contributed by atoms with Crippen LogP contribution in [0.1, 0.15) is 40.8 Å². The minimum Gasteiger partial charge on any atom is -0.493 e. The van der Waals surface area contributed by atoms with Gasteiger partial charge in [0.05, 0.1) is 33.1 Å². The number of carbonyl (C=O) groups excluding carboxylic acids is 1. The maximum Gasteiger partial charge on any atom is 0.289 e. The van der Waals surface area contributed by atoms with Crippen LogP contribution >= 0.6 is 0 Å². The van der Waals surface area contributed by atoms with Crippen molar-refractivity contribution in [1.82, 2.24) is 30.0 Å². The molecule has 0 saturated carbocycles. The lowest BCUT2D eigenvalue weighted by molar-refractivity contribution is 0.0549.